The van der Waals surface area contributed by atoms with Crippen LogP contribution in [0.5, 0.6) is 0 Å². The predicted molar refractivity (Wildman–Crippen MR) is 102 cm³/mol. The van der Waals surface area contributed by atoms with Crippen LogP contribution in [0.3, 0.4) is 0 Å². The molecule has 1 aromatic carbocycles. The van der Waals surface area contributed by atoms with E-state index < -0.39 is 0 Å². The van der Waals surface area contributed by atoms with Crippen LogP contribution in [0.15, 0.2) is 29.0 Å². The first-order valence-electron chi connectivity index (χ1n) is 8.49. The van der Waals surface area contributed by atoms with Gasteiger partial charge in [-0.05, 0) is 36.5 Å². The number of benzene rings is 1. The molecule has 0 fully saturated rings. The monoisotopic (exact) mass is 374 g/mol. The van der Waals surface area contributed by atoms with Crippen LogP contribution >= 0.6 is 11.6 Å². The highest BCUT2D eigenvalue weighted by Crippen LogP contribution is 2.34. The minimum atomic E-state index is -0.341. The number of halogens is 1. The molecule has 0 bridgehead atoms. The van der Waals surface area contributed by atoms with E-state index in [-0.39, 0.29) is 17.2 Å². The van der Waals surface area contributed by atoms with Crippen molar-refractivity contribution in [3.63, 3.8) is 0 Å². The van der Waals surface area contributed by atoms with Crippen molar-refractivity contribution in [3.8, 4) is 0 Å². The lowest BCUT2D eigenvalue weighted by Crippen LogP contribution is -2.25. The molecule has 0 spiro atoms. The number of rotatable bonds is 4. The van der Waals surface area contributed by atoms with Crippen LogP contribution in [0.2, 0.25) is 5.15 Å². The molecule has 138 valence electrons. The van der Waals surface area contributed by atoms with Gasteiger partial charge in [0.05, 0.1) is 11.6 Å². The molecule has 0 saturated heterocycles. The summed E-state index contributed by atoms with van der Waals surface area (Å²) in [5.74, 6) is -0.451. The summed E-state index contributed by atoms with van der Waals surface area (Å²) in [7, 11) is 1.75. The summed E-state index contributed by atoms with van der Waals surface area (Å²) in [5.41, 5.74) is 3.55. The fourth-order valence-corrected chi connectivity index (χ4v) is 3.27. The largest absolute Gasteiger partial charge is 0.443 e. The van der Waals surface area contributed by atoms with Gasteiger partial charge >= 0.3 is 0 Å². The third-order valence-corrected chi connectivity index (χ3v) is 4.72. The molecular formula is C19H23ClN4O2. The highest BCUT2D eigenvalue weighted by atomic mass is 35.5. The van der Waals surface area contributed by atoms with Gasteiger partial charge in [-0.3, -0.25) is 9.48 Å². The van der Waals surface area contributed by atoms with E-state index in [0.29, 0.717) is 28.5 Å². The van der Waals surface area contributed by atoms with Crippen LogP contribution in [0.25, 0.3) is 11.1 Å². The highest BCUT2D eigenvalue weighted by Gasteiger charge is 2.28. The van der Waals surface area contributed by atoms with Crippen molar-refractivity contribution in [2.45, 2.75) is 40.0 Å². The lowest BCUT2D eigenvalue weighted by atomic mass is 9.81. The minimum Gasteiger partial charge on any atom is -0.443 e. The molecule has 1 amide bonds. The minimum absolute atomic E-state index is 0.0332. The summed E-state index contributed by atoms with van der Waals surface area (Å²) >= 11 is 6.27. The van der Waals surface area contributed by atoms with E-state index >= 15 is 0 Å². The van der Waals surface area contributed by atoms with Gasteiger partial charge in [0.25, 0.3) is 0 Å². The van der Waals surface area contributed by atoms with Gasteiger partial charge in [0, 0.05) is 7.05 Å². The van der Waals surface area contributed by atoms with Crippen LogP contribution in [0.4, 0.5) is 5.69 Å². The molecule has 1 unspecified atom stereocenters. The fraction of sp³-hybridized carbons (Fsp3) is 0.421. The molecular weight excluding hydrogens is 352 g/mol. The Balaban J connectivity index is 1.95. The second-order valence-corrected chi connectivity index (χ2v) is 8.12. The van der Waals surface area contributed by atoms with Crippen molar-refractivity contribution in [2.75, 3.05) is 5.32 Å². The number of anilines is 1. The fourth-order valence-electron chi connectivity index (χ4n) is 3.05. The molecule has 0 radical (unpaired) electrons. The Morgan fingerprint density at radius 2 is 2.12 bits per heavy atom. The SMILES string of the molecule is Cc1nn(C)c(Cl)c1NC(=O)C(CC(C)(C)C)c1ccc2ocnc2c1. The molecule has 3 rings (SSSR count). The molecule has 7 heteroatoms. The number of aromatic nitrogens is 3. The van der Waals surface area contributed by atoms with Crippen LogP contribution in [-0.2, 0) is 11.8 Å². The number of nitrogens with zero attached hydrogens (tertiary/aromatic N) is 3. The van der Waals surface area contributed by atoms with Crippen LogP contribution in [0, 0.1) is 12.3 Å². The zero-order valence-corrected chi connectivity index (χ0v) is 16.4. The van der Waals surface area contributed by atoms with Crippen molar-refractivity contribution < 1.29 is 9.21 Å². The standard InChI is InChI=1S/C19H23ClN4O2/c1-11-16(17(20)24(5)23-11)22-18(25)13(9-19(2,3)4)12-6-7-15-14(8-12)21-10-26-15/h6-8,10,13H,9H2,1-5H3,(H,22,25). The maximum atomic E-state index is 13.1. The van der Waals surface area contributed by atoms with Crippen LogP contribution < -0.4 is 5.32 Å². The molecule has 2 heterocycles. The van der Waals surface area contributed by atoms with Gasteiger partial charge in [0.15, 0.2) is 17.1 Å². The van der Waals surface area contributed by atoms with Crippen LogP contribution in [-0.4, -0.2) is 20.7 Å². The van der Waals surface area contributed by atoms with E-state index in [1.54, 1.807) is 11.7 Å². The van der Waals surface area contributed by atoms with Crippen molar-refractivity contribution in [1.82, 2.24) is 14.8 Å². The molecule has 1 N–H and O–H groups in total. The van der Waals surface area contributed by atoms with E-state index in [9.17, 15) is 4.79 Å². The summed E-state index contributed by atoms with van der Waals surface area (Å²) < 4.78 is 6.85. The third kappa shape index (κ3) is 3.75. The molecule has 0 aliphatic rings. The first-order valence-corrected chi connectivity index (χ1v) is 8.86. The summed E-state index contributed by atoms with van der Waals surface area (Å²) in [4.78, 5) is 17.3. The van der Waals surface area contributed by atoms with Gasteiger partial charge in [0.2, 0.25) is 5.91 Å². The summed E-state index contributed by atoms with van der Waals surface area (Å²) in [6.45, 7) is 8.17. The second kappa shape index (κ2) is 6.76. The van der Waals surface area contributed by atoms with Gasteiger partial charge in [-0.1, -0.05) is 38.4 Å². The Morgan fingerprint density at radius 1 is 1.38 bits per heavy atom. The molecule has 6 nitrogen and oxygen atoms in total. The topological polar surface area (TPSA) is 73.0 Å². The van der Waals surface area contributed by atoms with E-state index in [4.69, 9.17) is 16.0 Å². The maximum absolute atomic E-state index is 13.1. The number of amides is 1. The zero-order chi connectivity index (χ0) is 19.1. The zero-order valence-electron chi connectivity index (χ0n) is 15.6. The maximum Gasteiger partial charge on any atom is 0.232 e. The number of oxazole rings is 1. The Kier molecular flexibility index (Phi) is 4.80. The van der Waals surface area contributed by atoms with Gasteiger partial charge in [0.1, 0.15) is 11.2 Å². The normalized spacial score (nSPS) is 13.2. The molecule has 1 atom stereocenters. The Hall–Kier alpha value is -2.34. The van der Waals surface area contributed by atoms with Gasteiger partial charge in [-0.15, -0.1) is 0 Å². The van der Waals surface area contributed by atoms with Crippen molar-refractivity contribution in [3.05, 3.63) is 41.0 Å². The average molecular weight is 375 g/mol. The van der Waals surface area contributed by atoms with Crippen molar-refractivity contribution >= 4 is 34.3 Å². The molecule has 0 aliphatic carbocycles. The Labute approximate surface area is 157 Å². The average Bonchev–Trinajstić information content (AvgIpc) is 3.11. The molecule has 3 aromatic rings. The van der Waals surface area contributed by atoms with E-state index in [1.807, 2.05) is 25.1 Å². The molecule has 2 aromatic heterocycles. The van der Waals surface area contributed by atoms with Gasteiger partial charge < -0.3 is 9.73 Å². The first kappa shape index (κ1) is 18.5. The van der Waals surface area contributed by atoms with Crippen molar-refractivity contribution in [2.24, 2.45) is 12.5 Å². The number of aryl methyl sites for hydroxylation is 2. The van der Waals surface area contributed by atoms with Crippen LogP contribution in [0.1, 0.15) is 44.4 Å². The van der Waals surface area contributed by atoms with Crippen molar-refractivity contribution in [1.29, 1.82) is 0 Å². The molecule has 0 aliphatic heterocycles. The second-order valence-electron chi connectivity index (χ2n) is 7.76. The smallest absolute Gasteiger partial charge is 0.232 e. The number of carbonyl (C=O) groups excluding carboxylic acids is 1. The molecule has 0 saturated carbocycles. The highest BCUT2D eigenvalue weighted by molar-refractivity contribution is 6.33. The Morgan fingerprint density at radius 3 is 2.73 bits per heavy atom. The lowest BCUT2D eigenvalue weighted by Gasteiger charge is -2.25. The summed E-state index contributed by atoms with van der Waals surface area (Å²) in [6, 6.07) is 5.68. The molecule has 26 heavy (non-hydrogen) atoms. The summed E-state index contributed by atoms with van der Waals surface area (Å²) in [5, 5.41) is 7.63. The van der Waals surface area contributed by atoms with Gasteiger partial charge in [-0.25, -0.2) is 4.98 Å². The van der Waals surface area contributed by atoms with E-state index in [0.717, 1.165) is 11.1 Å². The van der Waals surface area contributed by atoms with E-state index in [1.165, 1.54) is 6.39 Å². The van der Waals surface area contributed by atoms with E-state index in [2.05, 4.69) is 36.2 Å². The summed E-state index contributed by atoms with van der Waals surface area (Å²) in [6.07, 6.45) is 2.09. The number of carbonyl (C=O) groups is 1. The number of nitrogens with one attached hydrogen (secondary N) is 1. The van der Waals surface area contributed by atoms with Gasteiger partial charge in [-0.2, -0.15) is 5.10 Å². The Bertz CT molecular complexity index is 952. The quantitative estimate of drug-likeness (QED) is 0.719. The first-order chi connectivity index (χ1) is 12.2. The predicted octanol–water partition coefficient (Wildman–Crippen LogP) is 4.68. The third-order valence-electron chi connectivity index (χ3n) is 4.29. The lowest BCUT2D eigenvalue weighted by molar-refractivity contribution is -0.118. The number of hydrogen-bond donors (Lipinski definition) is 1. The number of hydrogen-bond acceptors (Lipinski definition) is 4. The number of fused-ring (bicyclic) bond motifs is 1.